The Kier molecular flexibility index (Phi) is 5.55. The number of piperidine rings is 1. The Morgan fingerprint density at radius 1 is 1.19 bits per heavy atom. The van der Waals surface area contributed by atoms with Crippen molar-refractivity contribution in [2.24, 2.45) is 0 Å². The highest BCUT2D eigenvalue weighted by Gasteiger charge is 2.29. The van der Waals surface area contributed by atoms with Crippen LogP contribution in [-0.4, -0.2) is 45.5 Å². The number of likely N-dealkylation sites (tertiary alicyclic amines) is 1. The van der Waals surface area contributed by atoms with Crippen LogP contribution in [0.25, 0.3) is 0 Å². The molecule has 0 radical (unpaired) electrons. The van der Waals surface area contributed by atoms with Gasteiger partial charge in [0, 0.05) is 18.7 Å². The topological polar surface area (TPSA) is 59.2 Å². The quantitative estimate of drug-likeness (QED) is 0.781. The van der Waals surface area contributed by atoms with Gasteiger partial charge in [-0.25, -0.2) is 0 Å². The zero-order valence-electron chi connectivity index (χ0n) is 14.9. The molecule has 1 atom stereocenters. The fourth-order valence-electron chi connectivity index (χ4n) is 3.49. The van der Waals surface area contributed by atoms with Gasteiger partial charge >= 0.3 is 0 Å². The fourth-order valence-corrected chi connectivity index (χ4v) is 6.38. The largest absolute Gasteiger partial charge is 0.339 e. The summed E-state index contributed by atoms with van der Waals surface area (Å²) in [6, 6.07) is 8.19. The number of amides is 1. The van der Waals surface area contributed by atoms with Crippen LogP contribution < -0.4 is 0 Å². The summed E-state index contributed by atoms with van der Waals surface area (Å²) < 4.78 is 5.82. The summed E-state index contributed by atoms with van der Waals surface area (Å²) >= 11 is 4.01. The molecule has 138 valence electrons. The molecule has 1 aromatic heterocycles. The third kappa shape index (κ3) is 3.93. The zero-order chi connectivity index (χ0) is 17.9. The molecule has 0 unspecified atom stereocenters. The smallest absolute Gasteiger partial charge is 0.253 e. The number of carbonyl (C=O) groups excluding carboxylic acids is 1. The lowest BCUT2D eigenvalue weighted by Crippen LogP contribution is -2.39. The SMILES string of the molecule is Cc1noc([C@H]2CCCN(C(=O)c3ccc(C4SCCCS4)cc3)C2)n1. The van der Waals surface area contributed by atoms with E-state index in [4.69, 9.17) is 4.52 Å². The number of hydrogen-bond donors (Lipinski definition) is 0. The Labute approximate surface area is 162 Å². The number of rotatable bonds is 3. The first kappa shape index (κ1) is 17.9. The molecule has 0 saturated carbocycles. The first-order valence-corrected chi connectivity index (χ1v) is 11.2. The third-order valence-electron chi connectivity index (χ3n) is 4.86. The standard InChI is InChI=1S/C19H23N3O2S2/c1-13-20-17(24-21-13)16-4-2-9-22(12-16)18(23)14-5-7-15(8-6-14)19-25-10-3-11-26-19/h5-8,16,19H,2-4,9-12H2,1H3/t16-/m0/s1. The van der Waals surface area contributed by atoms with Gasteiger partial charge in [0.05, 0.1) is 10.5 Å². The van der Waals surface area contributed by atoms with Crippen molar-refractivity contribution in [3.63, 3.8) is 0 Å². The molecule has 7 heteroatoms. The normalized spacial score (nSPS) is 21.7. The molecule has 0 bridgehead atoms. The lowest BCUT2D eigenvalue weighted by molar-refractivity contribution is 0.0695. The molecule has 2 aromatic rings. The van der Waals surface area contributed by atoms with Crippen LogP contribution in [0.5, 0.6) is 0 Å². The average molecular weight is 390 g/mol. The van der Waals surface area contributed by atoms with Crippen molar-refractivity contribution in [1.29, 1.82) is 0 Å². The molecule has 0 spiro atoms. The Morgan fingerprint density at radius 2 is 1.96 bits per heavy atom. The predicted octanol–water partition coefficient (Wildman–Crippen LogP) is 4.27. The van der Waals surface area contributed by atoms with Crippen molar-refractivity contribution in [2.75, 3.05) is 24.6 Å². The first-order chi connectivity index (χ1) is 12.7. The molecule has 3 heterocycles. The van der Waals surface area contributed by atoms with Crippen LogP contribution in [0, 0.1) is 6.92 Å². The highest BCUT2D eigenvalue weighted by Crippen LogP contribution is 2.43. The van der Waals surface area contributed by atoms with Gasteiger partial charge in [0.25, 0.3) is 5.91 Å². The molecule has 2 saturated heterocycles. The Bertz CT molecular complexity index is 756. The molecule has 0 aliphatic carbocycles. The van der Waals surface area contributed by atoms with Crippen molar-refractivity contribution in [1.82, 2.24) is 15.0 Å². The Hall–Kier alpha value is -1.47. The summed E-state index contributed by atoms with van der Waals surface area (Å²) in [5, 5.41) is 3.88. The number of thioether (sulfide) groups is 2. The molecular formula is C19H23N3O2S2. The van der Waals surface area contributed by atoms with Crippen molar-refractivity contribution in [3.05, 3.63) is 47.1 Å². The lowest BCUT2D eigenvalue weighted by Gasteiger charge is -2.31. The summed E-state index contributed by atoms with van der Waals surface area (Å²) in [7, 11) is 0. The van der Waals surface area contributed by atoms with E-state index < -0.39 is 0 Å². The van der Waals surface area contributed by atoms with Crippen LogP contribution in [0.1, 0.15) is 57.4 Å². The maximum absolute atomic E-state index is 12.9. The maximum atomic E-state index is 12.9. The van der Waals surface area contributed by atoms with Gasteiger partial charge in [-0.15, -0.1) is 23.5 Å². The highest BCUT2D eigenvalue weighted by atomic mass is 32.2. The van der Waals surface area contributed by atoms with Crippen LogP contribution in [0.2, 0.25) is 0 Å². The zero-order valence-corrected chi connectivity index (χ0v) is 16.5. The van der Waals surface area contributed by atoms with Gasteiger partial charge in [0.2, 0.25) is 5.89 Å². The van der Waals surface area contributed by atoms with Crippen molar-refractivity contribution in [2.45, 2.75) is 36.7 Å². The van der Waals surface area contributed by atoms with Gasteiger partial charge < -0.3 is 9.42 Å². The molecule has 4 rings (SSSR count). The second-order valence-electron chi connectivity index (χ2n) is 6.82. The van der Waals surface area contributed by atoms with Gasteiger partial charge in [-0.3, -0.25) is 4.79 Å². The van der Waals surface area contributed by atoms with Gasteiger partial charge in [0.1, 0.15) is 0 Å². The van der Waals surface area contributed by atoms with Crippen LogP contribution in [-0.2, 0) is 0 Å². The maximum Gasteiger partial charge on any atom is 0.253 e. The van der Waals surface area contributed by atoms with Gasteiger partial charge in [-0.05, 0) is 55.4 Å². The van der Waals surface area contributed by atoms with Gasteiger partial charge in [0.15, 0.2) is 5.82 Å². The monoisotopic (exact) mass is 389 g/mol. The number of aryl methyl sites for hydroxylation is 1. The van der Waals surface area contributed by atoms with E-state index in [-0.39, 0.29) is 11.8 Å². The molecule has 0 N–H and O–H groups in total. The minimum atomic E-state index is 0.0986. The van der Waals surface area contributed by atoms with E-state index in [9.17, 15) is 4.79 Å². The summed E-state index contributed by atoms with van der Waals surface area (Å²) in [5.74, 6) is 3.99. The van der Waals surface area contributed by atoms with E-state index in [2.05, 4.69) is 22.3 Å². The molecule has 1 amide bonds. The molecule has 26 heavy (non-hydrogen) atoms. The van der Waals surface area contributed by atoms with Crippen LogP contribution >= 0.6 is 23.5 Å². The van der Waals surface area contributed by atoms with E-state index in [0.29, 0.717) is 22.8 Å². The summed E-state index contributed by atoms with van der Waals surface area (Å²) in [6.45, 7) is 3.26. The van der Waals surface area contributed by atoms with E-state index in [1.807, 2.05) is 47.5 Å². The minimum absolute atomic E-state index is 0.0986. The number of hydrogen-bond acceptors (Lipinski definition) is 6. The van der Waals surface area contributed by atoms with Crippen molar-refractivity contribution >= 4 is 29.4 Å². The van der Waals surface area contributed by atoms with Crippen molar-refractivity contribution < 1.29 is 9.32 Å². The van der Waals surface area contributed by atoms with E-state index in [0.717, 1.165) is 24.9 Å². The fraction of sp³-hybridized carbons (Fsp3) is 0.526. The van der Waals surface area contributed by atoms with E-state index in [1.165, 1.54) is 23.5 Å². The number of carbonyl (C=O) groups is 1. The third-order valence-corrected chi connectivity index (χ3v) is 7.87. The Balaban J connectivity index is 1.43. The Morgan fingerprint density at radius 3 is 2.65 bits per heavy atom. The number of aromatic nitrogens is 2. The van der Waals surface area contributed by atoms with Crippen LogP contribution in [0.15, 0.2) is 28.8 Å². The van der Waals surface area contributed by atoms with Crippen LogP contribution in [0.3, 0.4) is 0 Å². The van der Waals surface area contributed by atoms with Gasteiger partial charge in [-0.2, -0.15) is 4.98 Å². The molecule has 5 nitrogen and oxygen atoms in total. The summed E-state index contributed by atoms with van der Waals surface area (Å²) in [6.07, 6.45) is 3.24. The second-order valence-corrected chi connectivity index (χ2v) is 9.54. The molecule has 2 aliphatic heterocycles. The van der Waals surface area contributed by atoms with Gasteiger partial charge in [-0.1, -0.05) is 17.3 Å². The lowest BCUT2D eigenvalue weighted by atomic mass is 9.97. The molecule has 2 fully saturated rings. The molecule has 1 aromatic carbocycles. The molecular weight excluding hydrogens is 366 g/mol. The first-order valence-electron chi connectivity index (χ1n) is 9.13. The molecule has 2 aliphatic rings. The average Bonchev–Trinajstić information content (AvgIpc) is 3.15. The minimum Gasteiger partial charge on any atom is -0.339 e. The van der Waals surface area contributed by atoms with E-state index in [1.54, 1.807) is 0 Å². The van der Waals surface area contributed by atoms with E-state index >= 15 is 0 Å². The van der Waals surface area contributed by atoms with Crippen molar-refractivity contribution in [3.8, 4) is 0 Å². The summed E-state index contributed by atoms with van der Waals surface area (Å²) in [5.41, 5.74) is 2.08. The number of nitrogens with zero attached hydrogens (tertiary/aromatic N) is 3. The predicted molar refractivity (Wildman–Crippen MR) is 106 cm³/mol. The highest BCUT2D eigenvalue weighted by molar-refractivity contribution is 8.16. The second kappa shape index (κ2) is 8.05. The number of benzene rings is 1. The van der Waals surface area contributed by atoms with Crippen LogP contribution in [0.4, 0.5) is 0 Å². The summed E-state index contributed by atoms with van der Waals surface area (Å²) in [4.78, 5) is 19.2.